The predicted molar refractivity (Wildman–Crippen MR) is 120 cm³/mol. The molecular formula is C23H30N4O5. The molecule has 0 unspecified atom stereocenters. The third kappa shape index (κ3) is 5.00. The highest BCUT2D eigenvalue weighted by molar-refractivity contribution is 5.76. The summed E-state index contributed by atoms with van der Waals surface area (Å²) in [5.74, 6) is 1.30. The van der Waals surface area contributed by atoms with E-state index in [2.05, 4.69) is 5.32 Å². The summed E-state index contributed by atoms with van der Waals surface area (Å²) in [4.78, 5) is 17.0. The van der Waals surface area contributed by atoms with Gasteiger partial charge in [0.15, 0.2) is 11.9 Å². The second kappa shape index (κ2) is 10.4. The van der Waals surface area contributed by atoms with Crippen LogP contribution in [-0.2, 0) is 20.7 Å². The van der Waals surface area contributed by atoms with E-state index in [4.69, 9.17) is 29.0 Å². The van der Waals surface area contributed by atoms with E-state index in [0.717, 1.165) is 33.9 Å². The van der Waals surface area contributed by atoms with E-state index < -0.39 is 6.29 Å². The van der Waals surface area contributed by atoms with Gasteiger partial charge in [0.05, 0.1) is 26.5 Å². The number of hydrogen-bond acceptors (Lipinski definition) is 7. The van der Waals surface area contributed by atoms with Crippen LogP contribution in [-0.4, -0.2) is 61.8 Å². The molecule has 0 atom stereocenters. The van der Waals surface area contributed by atoms with Gasteiger partial charge in [0.2, 0.25) is 5.91 Å². The van der Waals surface area contributed by atoms with Crippen molar-refractivity contribution in [2.75, 3.05) is 35.0 Å². The number of nitrogens with one attached hydrogen (secondary N) is 1. The van der Waals surface area contributed by atoms with Crippen molar-refractivity contribution in [1.82, 2.24) is 19.9 Å². The number of carbonyl (C=O) groups excluding carboxylic acids is 1. The molecule has 0 saturated heterocycles. The first-order valence-corrected chi connectivity index (χ1v) is 10.3. The van der Waals surface area contributed by atoms with Crippen molar-refractivity contribution in [3.05, 3.63) is 41.2 Å². The van der Waals surface area contributed by atoms with Crippen molar-refractivity contribution >= 4 is 11.6 Å². The SMILES string of the molecule is COc1ccc(-c2cc3nc(C)c(CCC(=O)NCC(OC)OC)c(C)n3n2)c(OC)c1. The molecule has 0 bridgehead atoms. The van der Waals surface area contributed by atoms with Crippen molar-refractivity contribution in [2.45, 2.75) is 33.0 Å². The van der Waals surface area contributed by atoms with Crippen LogP contribution < -0.4 is 14.8 Å². The van der Waals surface area contributed by atoms with Gasteiger partial charge in [-0.25, -0.2) is 9.50 Å². The Morgan fingerprint density at radius 3 is 2.50 bits per heavy atom. The fourth-order valence-corrected chi connectivity index (χ4v) is 3.62. The standard InChI is InChI=1S/C23H30N4O5/c1-14-17(9-10-22(28)24-13-23(31-5)32-6)15(2)27-21(25-14)12-19(26-27)18-8-7-16(29-3)11-20(18)30-4/h7-8,11-12,23H,9-10,13H2,1-6H3,(H,24,28). The van der Waals surface area contributed by atoms with Crippen LogP contribution in [0.15, 0.2) is 24.3 Å². The molecule has 1 amide bonds. The van der Waals surface area contributed by atoms with Crippen molar-refractivity contribution in [2.24, 2.45) is 0 Å². The summed E-state index contributed by atoms with van der Waals surface area (Å²) in [6.07, 6.45) is 0.422. The number of aryl methyl sites for hydroxylation is 2. The lowest BCUT2D eigenvalue weighted by molar-refractivity contribution is -0.127. The molecule has 0 spiro atoms. The summed E-state index contributed by atoms with van der Waals surface area (Å²) in [6.45, 7) is 4.24. The fourth-order valence-electron chi connectivity index (χ4n) is 3.62. The average molecular weight is 443 g/mol. The van der Waals surface area contributed by atoms with Gasteiger partial charge in [0.1, 0.15) is 11.5 Å². The maximum atomic E-state index is 12.3. The van der Waals surface area contributed by atoms with Gasteiger partial charge in [-0.05, 0) is 38.0 Å². The summed E-state index contributed by atoms with van der Waals surface area (Å²) in [7, 11) is 6.30. The van der Waals surface area contributed by atoms with Gasteiger partial charge >= 0.3 is 0 Å². The minimum atomic E-state index is -0.460. The van der Waals surface area contributed by atoms with Crippen LogP contribution in [0.1, 0.15) is 23.4 Å². The monoisotopic (exact) mass is 442 g/mol. The number of ether oxygens (including phenoxy) is 4. The summed E-state index contributed by atoms with van der Waals surface area (Å²) in [5, 5.41) is 7.58. The Labute approximate surface area is 187 Å². The minimum Gasteiger partial charge on any atom is -0.497 e. The second-order valence-corrected chi connectivity index (χ2v) is 7.33. The number of carbonyl (C=O) groups is 1. The van der Waals surface area contributed by atoms with Crippen LogP contribution in [0.4, 0.5) is 0 Å². The molecule has 0 aliphatic heterocycles. The maximum Gasteiger partial charge on any atom is 0.220 e. The van der Waals surface area contributed by atoms with Gasteiger partial charge in [-0.1, -0.05) is 0 Å². The van der Waals surface area contributed by atoms with Crippen LogP contribution in [0.25, 0.3) is 16.9 Å². The van der Waals surface area contributed by atoms with Crippen molar-refractivity contribution < 1.29 is 23.7 Å². The molecule has 172 valence electrons. The molecule has 0 fully saturated rings. The Kier molecular flexibility index (Phi) is 7.66. The molecule has 9 nitrogen and oxygen atoms in total. The van der Waals surface area contributed by atoms with Crippen LogP contribution in [0, 0.1) is 13.8 Å². The van der Waals surface area contributed by atoms with E-state index in [1.54, 1.807) is 14.2 Å². The number of fused-ring (bicyclic) bond motifs is 1. The summed E-state index contributed by atoms with van der Waals surface area (Å²) >= 11 is 0. The molecular weight excluding hydrogens is 412 g/mol. The largest absolute Gasteiger partial charge is 0.497 e. The van der Waals surface area contributed by atoms with Crippen LogP contribution >= 0.6 is 0 Å². The molecule has 0 radical (unpaired) electrons. The highest BCUT2D eigenvalue weighted by Gasteiger charge is 2.17. The van der Waals surface area contributed by atoms with Crippen molar-refractivity contribution in [1.29, 1.82) is 0 Å². The zero-order valence-electron chi connectivity index (χ0n) is 19.4. The minimum absolute atomic E-state index is 0.0767. The molecule has 0 saturated carbocycles. The summed E-state index contributed by atoms with van der Waals surface area (Å²) < 4.78 is 22.8. The average Bonchev–Trinajstić information content (AvgIpc) is 3.23. The first-order valence-electron chi connectivity index (χ1n) is 10.3. The molecule has 9 heteroatoms. The molecule has 1 N–H and O–H groups in total. The van der Waals surface area contributed by atoms with Gasteiger partial charge < -0.3 is 24.3 Å². The summed E-state index contributed by atoms with van der Waals surface area (Å²) in [6, 6.07) is 7.54. The lowest BCUT2D eigenvalue weighted by atomic mass is 10.1. The topological polar surface area (TPSA) is 96.2 Å². The second-order valence-electron chi connectivity index (χ2n) is 7.33. The maximum absolute atomic E-state index is 12.3. The third-order valence-corrected chi connectivity index (χ3v) is 5.44. The van der Waals surface area contributed by atoms with Gasteiger partial charge in [-0.3, -0.25) is 4.79 Å². The Hall–Kier alpha value is -3.17. The van der Waals surface area contributed by atoms with Crippen molar-refractivity contribution in [3.63, 3.8) is 0 Å². The van der Waals surface area contributed by atoms with Gasteiger partial charge in [0.25, 0.3) is 0 Å². The van der Waals surface area contributed by atoms with E-state index >= 15 is 0 Å². The van der Waals surface area contributed by atoms with Crippen molar-refractivity contribution in [3.8, 4) is 22.8 Å². The zero-order valence-corrected chi connectivity index (χ0v) is 19.4. The number of hydrogen-bond donors (Lipinski definition) is 1. The Morgan fingerprint density at radius 2 is 1.84 bits per heavy atom. The molecule has 3 aromatic rings. The number of methoxy groups -OCH3 is 4. The fraction of sp³-hybridized carbons (Fsp3) is 0.435. The molecule has 2 heterocycles. The lowest BCUT2D eigenvalue weighted by Crippen LogP contribution is -2.34. The molecule has 2 aromatic heterocycles. The Balaban J connectivity index is 1.83. The van der Waals surface area contributed by atoms with Crippen LogP contribution in [0.3, 0.4) is 0 Å². The molecule has 0 aliphatic carbocycles. The highest BCUT2D eigenvalue weighted by Crippen LogP contribution is 2.33. The number of amides is 1. The molecule has 3 rings (SSSR count). The van der Waals surface area contributed by atoms with Crippen LogP contribution in [0.5, 0.6) is 11.5 Å². The lowest BCUT2D eigenvalue weighted by Gasteiger charge is -2.14. The quantitative estimate of drug-likeness (QED) is 0.482. The van der Waals surface area contributed by atoms with E-state index in [-0.39, 0.29) is 5.91 Å². The van der Waals surface area contributed by atoms with E-state index in [1.165, 1.54) is 14.2 Å². The third-order valence-electron chi connectivity index (χ3n) is 5.44. The number of nitrogens with zero attached hydrogens (tertiary/aromatic N) is 3. The highest BCUT2D eigenvalue weighted by atomic mass is 16.7. The predicted octanol–water partition coefficient (Wildman–Crippen LogP) is 2.70. The van der Waals surface area contributed by atoms with Crippen LogP contribution in [0.2, 0.25) is 0 Å². The Bertz CT molecular complexity index is 1090. The summed E-state index contributed by atoms with van der Waals surface area (Å²) in [5.41, 5.74) is 5.17. The molecule has 1 aromatic carbocycles. The van der Waals surface area contributed by atoms with E-state index in [9.17, 15) is 4.79 Å². The smallest absolute Gasteiger partial charge is 0.220 e. The normalized spacial score (nSPS) is 11.2. The Morgan fingerprint density at radius 1 is 1.09 bits per heavy atom. The number of aromatic nitrogens is 3. The molecule has 0 aliphatic rings. The first-order chi connectivity index (χ1) is 15.4. The van der Waals surface area contributed by atoms with E-state index in [0.29, 0.717) is 30.9 Å². The zero-order chi connectivity index (χ0) is 23.3. The number of rotatable bonds is 10. The van der Waals surface area contributed by atoms with Gasteiger partial charge in [-0.15, -0.1) is 0 Å². The number of benzene rings is 1. The van der Waals surface area contributed by atoms with Gasteiger partial charge in [-0.2, -0.15) is 5.10 Å². The van der Waals surface area contributed by atoms with Gasteiger partial charge in [0, 0.05) is 49.7 Å². The molecule has 32 heavy (non-hydrogen) atoms. The van der Waals surface area contributed by atoms with E-state index in [1.807, 2.05) is 42.6 Å². The first kappa shape index (κ1) is 23.5.